The molecule has 1 aromatic heterocycles. The lowest BCUT2D eigenvalue weighted by Gasteiger charge is -2.18. The van der Waals surface area contributed by atoms with E-state index in [9.17, 15) is 13.6 Å². The number of thiophene rings is 1. The van der Waals surface area contributed by atoms with Gasteiger partial charge in [0.1, 0.15) is 0 Å². The monoisotopic (exact) mass is 282 g/mol. The number of aliphatic carboxylic acids is 1. The molecule has 0 bridgehead atoms. The van der Waals surface area contributed by atoms with Crippen LogP contribution in [0, 0.1) is 12.8 Å². The molecule has 2 nitrogen and oxygen atoms in total. The maximum atomic E-state index is 13.8. The zero-order chi connectivity index (χ0) is 13.2. The third-order valence-electron chi connectivity index (χ3n) is 2.35. The molecule has 0 aliphatic rings. The molecular formula is C11H13ClF2O2S. The van der Waals surface area contributed by atoms with E-state index in [1.165, 1.54) is 13.0 Å². The van der Waals surface area contributed by atoms with Crippen LogP contribution in [0.25, 0.3) is 0 Å². The normalized spacial score (nSPS) is 13.7. The largest absolute Gasteiger partial charge is 0.481 e. The Morgan fingerprint density at radius 3 is 2.65 bits per heavy atom. The fourth-order valence-corrected chi connectivity index (χ4v) is 2.73. The summed E-state index contributed by atoms with van der Waals surface area (Å²) in [6, 6.07) is 1.36. The summed E-state index contributed by atoms with van der Waals surface area (Å²) in [5.74, 6) is -4.66. The van der Waals surface area contributed by atoms with Crippen LogP contribution in [0.1, 0.15) is 30.2 Å². The van der Waals surface area contributed by atoms with Gasteiger partial charge in [0.15, 0.2) is 0 Å². The SMILES string of the molecule is Cc1cc(C(F)(F)CC(C)CC(=O)O)sc1Cl. The number of halogens is 3. The van der Waals surface area contributed by atoms with Crippen molar-refractivity contribution in [3.63, 3.8) is 0 Å². The van der Waals surface area contributed by atoms with Crippen molar-refractivity contribution in [2.45, 2.75) is 32.6 Å². The Labute approximate surface area is 107 Å². The number of carbonyl (C=O) groups is 1. The van der Waals surface area contributed by atoms with Gasteiger partial charge in [0, 0.05) is 12.8 Å². The number of rotatable bonds is 5. The van der Waals surface area contributed by atoms with Crippen molar-refractivity contribution in [2.75, 3.05) is 0 Å². The van der Waals surface area contributed by atoms with E-state index in [1.54, 1.807) is 6.92 Å². The second kappa shape index (κ2) is 5.31. The molecule has 0 saturated carbocycles. The van der Waals surface area contributed by atoms with Crippen LogP contribution in [-0.4, -0.2) is 11.1 Å². The standard InChI is InChI=1S/C11H13ClF2O2S/c1-6(3-9(15)16)5-11(13,14)8-4-7(2)10(12)17-8/h4,6H,3,5H2,1-2H3,(H,15,16). The molecule has 0 radical (unpaired) electrons. The van der Waals surface area contributed by atoms with Crippen molar-refractivity contribution in [3.05, 3.63) is 20.8 Å². The minimum Gasteiger partial charge on any atom is -0.481 e. The summed E-state index contributed by atoms with van der Waals surface area (Å²) < 4.78 is 28.0. The van der Waals surface area contributed by atoms with Crippen LogP contribution in [0.3, 0.4) is 0 Å². The first-order valence-electron chi connectivity index (χ1n) is 5.08. The molecule has 0 fully saturated rings. The summed E-state index contributed by atoms with van der Waals surface area (Å²) in [5.41, 5.74) is 0.622. The number of hydrogen-bond donors (Lipinski definition) is 1. The first-order chi connectivity index (χ1) is 7.72. The van der Waals surface area contributed by atoms with Gasteiger partial charge in [-0.15, -0.1) is 11.3 Å². The van der Waals surface area contributed by atoms with Gasteiger partial charge in [-0.1, -0.05) is 18.5 Å². The fraction of sp³-hybridized carbons (Fsp3) is 0.545. The van der Waals surface area contributed by atoms with Crippen molar-refractivity contribution >= 4 is 28.9 Å². The van der Waals surface area contributed by atoms with Crippen molar-refractivity contribution in [1.29, 1.82) is 0 Å². The summed E-state index contributed by atoms with van der Waals surface area (Å²) in [6.07, 6.45) is -0.733. The highest BCUT2D eigenvalue weighted by Gasteiger charge is 2.36. The first kappa shape index (κ1) is 14.4. The van der Waals surface area contributed by atoms with E-state index in [2.05, 4.69) is 0 Å². The third kappa shape index (κ3) is 3.92. The molecule has 0 aromatic carbocycles. The molecule has 1 heterocycles. The maximum Gasteiger partial charge on any atom is 0.303 e. The maximum absolute atomic E-state index is 13.8. The second-order valence-corrected chi connectivity index (χ2v) is 5.83. The van der Waals surface area contributed by atoms with Gasteiger partial charge in [0.05, 0.1) is 9.21 Å². The lowest BCUT2D eigenvalue weighted by Crippen LogP contribution is -2.18. The highest BCUT2D eigenvalue weighted by atomic mass is 35.5. The predicted octanol–water partition coefficient (Wildman–Crippen LogP) is 4.30. The lowest BCUT2D eigenvalue weighted by atomic mass is 9.98. The molecule has 1 atom stereocenters. The summed E-state index contributed by atoms with van der Waals surface area (Å²) in [7, 11) is 0. The van der Waals surface area contributed by atoms with Crippen LogP contribution in [0.5, 0.6) is 0 Å². The third-order valence-corrected chi connectivity index (χ3v) is 4.01. The topological polar surface area (TPSA) is 37.3 Å². The number of carboxylic acid groups (broad SMARTS) is 1. The van der Waals surface area contributed by atoms with Crippen molar-refractivity contribution in [3.8, 4) is 0 Å². The molecule has 96 valence electrons. The Kier molecular flexibility index (Phi) is 4.49. The Bertz CT molecular complexity index is 398. The molecule has 17 heavy (non-hydrogen) atoms. The van der Waals surface area contributed by atoms with Gasteiger partial charge in [-0.3, -0.25) is 4.79 Å². The van der Waals surface area contributed by atoms with Gasteiger partial charge in [-0.25, -0.2) is 8.78 Å². The van der Waals surface area contributed by atoms with Gasteiger partial charge in [0.25, 0.3) is 5.92 Å². The number of aryl methyl sites for hydroxylation is 1. The van der Waals surface area contributed by atoms with Gasteiger partial charge in [-0.2, -0.15) is 0 Å². The summed E-state index contributed by atoms with van der Waals surface area (Å²) in [6.45, 7) is 3.17. The summed E-state index contributed by atoms with van der Waals surface area (Å²) >= 11 is 6.60. The van der Waals surface area contributed by atoms with Crippen molar-refractivity contribution < 1.29 is 18.7 Å². The minimum absolute atomic E-state index is 0.0998. The highest BCUT2D eigenvalue weighted by molar-refractivity contribution is 7.16. The molecule has 1 N–H and O–H groups in total. The average molecular weight is 283 g/mol. The lowest BCUT2D eigenvalue weighted by molar-refractivity contribution is -0.138. The number of carboxylic acids is 1. The molecule has 1 unspecified atom stereocenters. The van der Waals surface area contributed by atoms with Crippen molar-refractivity contribution in [1.82, 2.24) is 0 Å². The number of alkyl halides is 2. The minimum atomic E-state index is -3.02. The highest BCUT2D eigenvalue weighted by Crippen LogP contribution is 2.41. The Morgan fingerprint density at radius 1 is 1.65 bits per heavy atom. The smallest absolute Gasteiger partial charge is 0.303 e. The molecule has 0 saturated heterocycles. The van der Waals surface area contributed by atoms with Crippen molar-refractivity contribution in [2.24, 2.45) is 5.92 Å². The van der Waals surface area contributed by atoms with E-state index in [-0.39, 0.29) is 11.3 Å². The molecule has 6 heteroatoms. The van der Waals surface area contributed by atoms with Crippen LogP contribution >= 0.6 is 22.9 Å². The number of hydrogen-bond acceptors (Lipinski definition) is 2. The van der Waals surface area contributed by atoms with E-state index in [4.69, 9.17) is 16.7 Å². The Balaban J connectivity index is 2.77. The van der Waals surface area contributed by atoms with Gasteiger partial charge in [0.2, 0.25) is 0 Å². The second-order valence-electron chi connectivity index (χ2n) is 4.18. The van der Waals surface area contributed by atoms with E-state index < -0.39 is 24.2 Å². The van der Waals surface area contributed by atoms with Crippen LogP contribution in [0.15, 0.2) is 6.07 Å². The quantitative estimate of drug-likeness (QED) is 0.874. The van der Waals surface area contributed by atoms with Gasteiger partial charge >= 0.3 is 5.97 Å². The van der Waals surface area contributed by atoms with E-state index >= 15 is 0 Å². The Morgan fingerprint density at radius 2 is 2.24 bits per heavy atom. The zero-order valence-electron chi connectivity index (χ0n) is 9.47. The molecule has 1 aromatic rings. The summed E-state index contributed by atoms with van der Waals surface area (Å²) in [5, 5.41) is 8.54. The van der Waals surface area contributed by atoms with Gasteiger partial charge in [-0.05, 0) is 24.5 Å². The van der Waals surface area contributed by atoms with Crippen LogP contribution in [0.2, 0.25) is 4.34 Å². The van der Waals surface area contributed by atoms with Crippen LogP contribution < -0.4 is 0 Å². The van der Waals surface area contributed by atoms with E-state index in [0.717, 1.165) is 11.3 Å². The molecule has 0 amide bonds. The van der Waals surface area contributed by atoms with Crippen LogP contribution in [-0.2, 0) is 10.7 Å². The molecular weight excluding hydrogens is 270 g/mol. The molecule has 0 aliphatic carbocycles. The van der Waals surface area contributed by atoms with Gasteiger partial charge < -0.3 is 5.11 Å². The molecule has 1 rings (SSSR count). The van der Waals surface area contributed by atoms with E-state index in [1.807, 2.05) is 0 Å². The average Bonchev–Trinajstić information content (AvgIpc) is 2.44. The first-order valence-corrected chi connectivity index (χ1v) is 6.28. The fourth-order valence-electron chi connectivity index (χ4n) is 1.55. The summed E-state index contributed by atoms with van der Waals surface area (Å²) in [4.78, 5) is 10.3. The zero-order valence-corrected chi connectivity index (χ0v) is 11.0. The molecule has 0 aliphatic heterocycles. The Hall–Kier alpha value is -0.680. The predicted molar refractivity (Wildman–Crippen MR) is 64.0 cm³/mol. The molecule has 0 spiro atoms. The van der Waals surface area contributed by atoms with Crippen LogP contribution in [0.4, 0.5) is 8.78 Å². The van der Waals surface area contributed by atoms with E-state index in [0.29, 0.717) is 9.90 Å².